The van der Waals surface area contributed by atoms with Crippen LogP contribution in [-0.4, -0.2) is 42.2 Å². The molecule has 2 aromatic rings. The first-order valence-corrected chi connectivity index (χ1v) is 10.4. The van der Waals surface area contributed by atoms with Gasteiger partial charge in [0.1, 0.15) is 12.4 Å². The van der Waals surface area contributed by atoms with E-state index in [1.54, 1.807) is 0 Å². The van der Waals surface area contributed by atoms with Crippen molar-refractivity contribution in [3.05, 3.63) is 66.2 Å². The molecule has 5 nitrogen and oxygen atoms in total. The molecule has 0 saturated carbocycles. The third-order valence-electron chi connectivity index (χ3n) is 3.51. The third-order valence-corrected chi connectivity index (χ3v) is 4.80. The lowest BCUT2D eigenvalue weighted by Crippen LogP contribution is -2.39. The molecule has 2 aromatic carbocycles. The number of guanidine groups is 1. The number of nitrogens with one attached hydrogen (secondary N) is 2. The van der Waals surface area contributed by atoms with Crippen LogP contribution in [0.5, 0.6) is 5.75 Å². The summed E-state index contributed by atoms with van der Waals surface area (Å²) in [5, 5.41) is 6.42. The SMILES string of the molecule is CCNC(=NCCS(=O)Cc1ccccc1)NCCOc1ccccc1. The number of aliphatic imine (C=N–C) groups is 1. The lowest BCUT2D eigenvalue weighted by Gasteiger charge is -2.12. The molecule has 0 aromatic heterocycles. The molecule has 1 unspecified atom stereocenters. The van der Waals surface area contributed by atoms with Crippen molar-refractivity contribution >= 4 is 16.8 Å². The van der Waals surface area contributed by atoms with Gasteiger partial charge in [0.2, 0.25) is 0 Å². The van der Waals surface area contributed by atoms with E-state index in [0.29, 0.717) is 31.2 Å². The normalized spacial score (nSPS) is 12.4. The molecule has 0 saturated heterocycles. The maximum Gasteiger partial charge on any atom is 0.191 e. The van der Waals surface area contributed by atoms with Crippen LogP contribution in [0.25, 0.3) is 0 Å². The summed E-state index contributed by atoms with van der Waals surface area (Å²) in [5.74, 6) is 2.70. The van der Waals surface area contributed by atoms with Crippen LogP contribution < -0.4 is 15.4 Å². The Morgan fingerprint density at radius 2 is 1.73 bits per heavy atom. The Morgan fingerprint density at radius 3 is 2.42 bits per heavy atom. The number of nitrogens with zero attached hydrogens (tertiary/aromatic N) is 1. The van der Waals surface area contributed by atoms with E-state index in [1.165, 1.54) is 0 Å². The molecule has 0 fully saturated rings. The highest BCUT2D eigenvalue weighted by molar-refractivity contribution is 7.84. The van der Waals surface area contributed by atoms with Gasteiger partial charge < -0.3 is 15.4 Å². The van der Waals surface area contributed by atoms with Crippen molar-refractivity contribution in [2.45, 2.75) is 12.7 Å². The fourth-order valence-electron chi connectivity index (χ4n) is 2.29. The number of benzene rings is 2. The number of ether oxygens (including phenoxy) is 1. The molecule has 0 heterocycles. The van der Waals surface area contributed by atoms with E-state index in [2.05, 4.69) is 15.6 Å². The maximum absolute atomic E-state index is 12.2. The molecule has 0 amide bonds. The van der Waals surface area contributed by atoms with Crippen molar-refractivity contribution in [1.82, 2.24) is 10.6 Å². The quantitative estimate of drug-likeness (QED) is 0.382. The van der Waals surface area contributed by atoms with Crippen LogP contribution in [-0.2, 0) is 16.6 Å². The van der Waals surface area contributed by atoms with Crippen LogP contribution in [0.2, 0.25) is 0 Å². The molecule has 1 atom stereocenters. The summed E-state index contributed by atoms with van der Waals surface area (Å²) in [7, 11) is -0.911. The highest BCUT2D eigenvalue weighted by Gasteiger charge is 2.02. The first-order chi connectivity index (χ1) is 12.8. The molecule has 0 aliphatic carbocycles. The molecular weight excluding hydrogens is 346 g/mol. The summed E-state index contributed by atoms with van der Waals surface area (Å²) in [6.07, 6.45) is 0. The molecule has 6 heteroatoms. The smallest absolute Gasteiger partial charge is 0.191 e. The predicted molar refractivity (Wildman–Crippen MR) is 109 cm³/mol. The first kappa shape index (κ1) is 20.0. The summed E-state index contributed by atoms with van der Waals surface area (Å²) in [6, 6.07) is 19.6. The van der Waals surface area contributed by atoms with Gasteiger partial charge in [-0.25, -0.2) is 0 Å². The van der Waals surface area contributed by atoms with Gasteiger partial charge in [0, 0.05) is 28.9 Å². The first-order valence-electron chi connectivity index (χ1n) is 8.87. The standard InChI is InChI=1S/C20H27N3O2S/c1-2-21-20(22-13-15-25-19-11-7-4-8-12-19)23-14-16-26(24)17-18-9-5-3-6-10-18/h3-12H,2,13-17H2,1H3,(H2,21,22,23). The van der Waals surface area contributed by atoms with E-state index in [-0.39, 0.29) is 0 Å². The van der Waals surface area contributed by atoms with Gasteiger partial charge in [-0.15, -0.1) is 0 Å². The molecule has 140 valence electrons. The summed E-state index contributed by atoms with van der Waals surface area (Å²) < 4.78 is 17.8. The average molecular weight is 374 g/mol. The van der Waals surface area contributed by atoms with Gasteiger partial charge in [0.25, 0.3) is 0 Å². The molecule has 2 rings (SSSR count). The Balaban J connectivity index is 1.69. The lowest BCUT2D eigenvalue weighted by molar-refractivity contribution is 0.322. The topological polar surface area (TPSA) is 62.7 Å². The molecule has 2 N–H and O–H groups in total. The minimum absolute atomic E-state index is 0.522. The molecule has 0 aliphatic heterocycles. The van der Waals surface area contributed by atoms with Crippen LogP contribution in [0.3, 0.4) is 0 Å². The van der Waals surface area contributed by atoms with Crippen LogP contribution >= 0.6 is 0 Å². The molecule has 26 heavy (non-hydrogen) atoms. The largest absolute Gasteiger partial charge is 0.492 e. The maximum atomic E-state index is 12.2. The van der Waals surface area contributed by atoms with E-state index < -0.39 is 10.8 Å². The van der Waals surface area contributed by atoms with Crippen molar-refractivity contribution in [1.29, 1.82) is 0 Å². The van der Waals surface area contributed by atoms with Gasteiger partial charge in [-0.2, -0.15) is 0 Å². The Hall–Kier alpha value is -2.34. The van der Waals surface area contributed by atoms with Gasteiger partial charge >= 0.3 is 0 Å². The monoisotopic (exact) mass is 373 g/mol. The summed E-state index contributed by atoms with van der Waals surface area (Å²) in [5.41, 5.74) is 1.10. The Bertz CT molecular complexity index is 678. The van der Waals surface area contributed by atoms with Crippen molar-refractivity contribution in [3.8, 4) is 5.75 Å². The zero-order chi connectivity index (χ0) is 18.5. The van der Waals surface area contributed by atoms with E-state index in [1.807, 2.05) is 67.6 Å². The van der Waals surface area contributed by atoms with Gasteiger partial charge in [0.15, 0.2) is 5.96 Å². The Morgan fingerprint density at radius 1 is 1.04 bits per heavy atom. The summed E-state index contributed by atoms with van der Waals surface area (Å²) >= 11 is 0. The molecule has 0 bridgehead atoms. The van der Waals surface area contributed by atoms with Crippen molar-refractivity contribution < 1.29 is 8.95 Å². The lowest BCUT2D eigenvalue weighted by atomic mass is 10.2. The fourth-order valence-corrected chi connectivity index (χ4v) is 3.29. The van der Waals surface area contributed by atoms with Crippen LogP contribution in [0.4, 0.5) is 0 Å². The van der Waals surface area contributed by atoms with E-state index in [0.717, 1.165) is 23.8 Å². The average Bonchev–Trinajstić information content (AvgIpc) is 2.67. The predicted octanol–water partition coefficient (Wildman–Crippen LogP) is 2.57. The number of rotatable bonds is 10. The van der Waals surface area contributed by atoms with Crippen molar-refractivity contribution in [3.63, 3.8) is 0 Å². The zero-order valence-corrected chi connectivity index (χ0v) is 16.0. The Kier molecular flexibility index (Phi) is 9.29. The number of hydrogen-bond acceptors (Lipinski definition) is 3. The van der Waals surface area contributed by atoms with Crippen LogP contribution in [0.15, 0.2) is 65.7 Å². The zero-order valence-electron chi connectivity index (χ0n) is 15.2. The van der Waals surface area contributed by atoms with E-state index in [9.17, 15) is 4.21 Å². The minimum atomic E-state index is -0.911. The molecule has 0 spiro atoms. The highest BCUT2D eigenvalue weighted by Crippen LogP contribution is 2.07. The Labute approximate surface area is 158 Å². The van der Waals surface area contributed by atoms with Gasteiger partial charge in [-0.1, -0.05) is 48.5 Å². The number of para-hydroxylation sites is 1. The molecular formula is C20H27N3O2S. The second-order valence-corrected chi connectivity index (χ2v) is 7.20. The molecule has 0 radical (unpaired) electrons. The highest BCUT2D eigenvalue weighted by atomic mass is 32.2. The third kappa shape index (κ3) is 8.16. The number of hydrogen-bond donors (Lipinski definition) is 2. The summed E-state index contributed by atoms with van der Waals surface area (Å²) in [4.78, 5) is 4.49. The fraction of sp³-hybridized carbons (Fsp3) is 0.350. The minimum Gasteiger partial charge on any atom is -0.492 e. The van der Waals surface area contributed by atoms with Gasteiger partial charge in [0.05, 0.1) is 13.1 Å². The van der Waals surface area contributed by atoms with Gasteiger partial charge in [-0.3, -0.25) is 9.20 Å². The summed E-state index contributed by atoms with van der Waals surface area (Å²) in [6.45, 7) is 4.51. The van der Waals surface area contributed by atoms with Crippen molar-refractivity contribution in [2.24, 2.45) is 4.99 Å². The molecule has 0 aliphatic rings. The van der Waals surface area contributed by atoms with Crippen LogP contribution in [0.1, 0.15) is 12.5 Å². The van der Waals surface area contributed by atoms with Crippen molar-refractivity contribution in [2.75, 3.05) is 32.0 Å². The van der Waals surface area contributed by atoms with E-state index in [4.69, 9.17) is 4.74 Å². The van der Waals surface area contributed by atoms with E-state index >= 15 is 0 Å². The van der Waals surface area contributed by atoms with Crippen LogP contribution in [0, 0.1) is 0 Å². The second kappa shape index (κ2) is 12.1. The second-order valence-electron chi connectivity index (χ2n) is 5.62. The van der Waals surface area contributed by atoms with Gasteiger partial charge in [-0.05, 0) is 24.6 Å².